The van der Waals surface area contributed by atoms with Crippen molar-refractivity contribution in [2.45, 2.75) is 31.7 Å². The van der Waals surface area contributed by atoms with Gasteiger partial charge in [0.15, 0.2) is 0 Å². The molecule has 0 radical (unpaired) electrons. The van der Waals surface area contributed by atoms with Gasteiger partial charge in [-0.2, -0.15) is 0 Å². The number of pyridine rings is 1. The zero-order valence-corrected chi connectivity index (χ0v) is 21.7. The molecule has 2 aromatic carbocycles. The Kier molecular flexibility index (Phi) is 5.55. The highest BCUT2D eigenvalue weighted by Crippen LogP contribution is 2.54. The van der Waals surface area contributed by atoms with Crippen molar-refractivity contribution in [2.24, 2.45) is 10.4 Å². The molecule has 0 bridgehead atoms. The highest BCUT2D eigenvalue weighted by molar-refractivity contribution is 6.53. The summed E-state index contributed by atoms with van der Waals surface area (Å²) < 4.78 is 0. The number of anilines is 3. The Bertz CT molecular complexity index is 1540. The molecule has 7 rings (SSSR count). The summed E-state index contributed by atoms with van der Waals surface area (Å²) in [6.07, 6.45) is 6.91. The van der Waals surface area contributed by atoms with Crippen LogP contribution in [0.15, 0.2) is 71.9 Å². The molecule has 38 heavy (non-hydrogen) atoms. The Morgan fingerprint density at radius 1 is 1.05 bits per heavy atom. The summed E-state index contributed by atoms with van der Waals surface area (Å²) in [6, 6.07) is 20.5. The van der Waals surface area contributed by atoms with E-state index in [0.717, 1.165) is 57.2 Å². The maximum absolute atomic E-state index is 9.11. The first-order valence-corrected chi connectivity index (χ1v) is 13.7. The minimum atomic E-state index is 0.0496. The summed E-state index contributed by atoms with van der Waals surface area (Å²) in [5.74, 6) is 0.777. The molecule has 2 aliphatic heterocycles. The van der Waals surface area contributed by atoms with Crippen LogP contribution in [0.3, 0.4) is 0 Å². The number of hydrogen-bond donors (Lipinski definition) is 4. The Labute approximate surface area is 222 Å². The zero-order valence-electron chi connectivity index (χ0n) is 21.7. The SMILES string of the molecule is CNc1cc(Nc2ccccc2)nc2cc(C3=NC(C4(CN5CCC5)CCC4)c4[nH]ccc4C3=N)ccc12. The summed E-state index contributed by atoms with van der Waals surface area (Å²) in [5, 5.41) is 16.9. The van der Waals surface area contributed by atoms with Gasteiger partial charge in [0.25, 0.3) is 0 Å². The van der Waals surface area contributed by atoms with Crippen molar-refractivity contribution in [3.63, 3.8) is 0 Å². The monoisotopic (exact) mass is 503 g/mol. The zero-order chi connectivity index (χ0) is 25.7. The maximum Gasteiger partial charge on any atom is 0.133 e. The van der Waals surface area contributed by atoms with Crippen molar-refractivity contribution in [1.82, 2.24) is 14.9 Å². The van der Waals surface area contributed by atoms with Crippen LogP contribution in [0.2, 0.25) is 0 Å². The van der Waals surface area contributed by atoms with Gasteiger partial charge in [0.1, 0.15) is 5.82 Å². The number of likely N-dealkylation sites (tertiary alicyclic amines) is 1. The summed E-state index contributed by atoms with van der Waals surface area (Å²) in [6.45, 7) is 3.49. The van der Waals surface area contributed by atoms with Gasteiger partial charge in [0.05, 0.1) is 23.0 Å². The molecular weight excluding hydrogens is 470 g/mol. The molecule has 4 N–H and O–H groups in total. The fraction of sp³-hybridized carbons (Fsp3) is 0.323. The highest BCUT2D eigenvalue weighted by Gasteiger charge is 2.49. The van der Waals surface area contributed by atoms with Gasteiger partial charge in [0, 0.05) is 64.9 Å². The molecule has 2 fully saturated rings. The minimum Gasteiger partial charge on any atom is -0.387 e. The van der Waals surface area contributed by atoms with E-state index in [0.29, 0.717) is 5.71 Å². The quantitative estimate of drug-likeness (QED) is 0.244. The lowest BCUT2D eigenvalue weighted by Gasteiger charge is -2.51. The number of aromatic nitrogens is 2. The molecule has 7 heteroatoms. The summed E-state index contributed by atoms with van der Waals surface area (Å²) >= 11 is 0. The predicted molar refractivity (Wildman–Crippen MR) is 155 cm³/mol. The maximum atomic E-state index is 9.11. The molecule has 1 aliphatic carbocycles. The molecule has 0 amide bonds. The van der Waals surface area contributed by atoms with E-state index < -0.39 is 0 Å². The van der Waals surface area contributed by atoms with E-state index in [-0.39, 0.29) is 11.5 Å². The first-order valence-electron chi connectivity index (χ1n) is 13.7. The number of benzene rings is 2. The van der Waals surface area contributed by atoms with E-state index in [1.807, 2.05) is 49.6 Å². The summed E-state index contributed by atoms with van der Waals surface area (Å²) in [7, 11) is 1.93. The second-order valence-electron chi connectivity index (χ2n) is 10.9. The van der Waals surface area contributed by atoms with Crippen LogP contribution < -0.4 is 10.6 Å². The Morgan fingerprint density at radius 3 is 2.61 bits per heavy atom. The molecule has 2 aromatic heterocycles. The lowest BCUT2D eigenvalue weighted by Crippen LogP contribution is -2.51. The van der Waals surface area contributed by atoms with Crippen LogP contribution in [0, 0.1) is 10.8 Å². The van der Waals surface area contributed by atoms with Crippen molar-refractivity contribution < 1.29 is 0 Å². The number of rotatable bonds is 7. The van der Waals surface area contributed by atoms with E-state index in [1.54, 1.807) is 0 Å². The third-order valence-corrected chi connectivity index (χ3v) is 8.63. The third-order valence-electron chi connectivity index (χ3n) is 8.63. The first kappa shape index (κ1) is 23.2. The molecule has 192 valence electrons. The summed E-state index contributed by atoms with van der Waals surface area (Å²) in [5.41, 5.74) is 7.33. The number of hydrogen-bond acceptors (Lipinski definition) is 6. The molecule has 7 nitrogen and oxygen atoms in total. The number of para-hydroxylation sites is 1. The average molecular weight is 504 g/mol. The van der Waals surface area contributed by atoms with E-state index in [4.69, 9.17) is 15.4 Å². The molecule has 4 aromatic rings. The molecule has 3 aliphatic rings. The van der Waals surface area contributed by atoms with Gasteiger partial charge in [-0.3, -0.25) is 10.4 Å². The number of nitrogens with zero attached hydrogens (tertiary/aromatic N) is 3. The molecule has 1 saturated carbocycles. The second-order valence-corrected chi connectivity index (χ2v) is 10.9. The standard InChI is InChI=1S/C31H33N7/c1-33-24-18-26(35-21-7-3-2-4-8-21)36-25-17-20(9-10-22(24)25)28-27(32)23-11-14-34-29(23)30(37-28)31(12-5-13-31)19-38-15-6-16-38/h2-4,7-11,14,17-18,30,32,34H,5-6,12-13,15-16,19H2,1H3,(H2,33,35,36). The predicted octanol–water partition coefficient (Wildman–Crippen LogP) is 6.14. The normalized spacial score (nSPS) is 20.3. The van der Waals surface area contributed by atoms with Crippen molar-refractivity contribution >= 4 is 39.5 Å². The van der Waals surface area contributed by atoms with Crippen LogP contribution in [-0.2, 0) is 0 Å². The fourth-order valence-corrected chi connectivity index (χ4v) is 6.32. The van der Waals surface area contributed by atoms with E-state index in [1.165, 1.54) is 38.8 Å². The van der Waals surface area contributed by atoms with Crippen LogP contribution >= 0.6 is 0 Å². The molecular formula is C31H33N7. The number of H-pyrrole nitrogens is 1. The first-order chi connectivity index (χ1) is 18.6. The lowest BCUT2D eigenvalue weighted by molar-refractivity contribution is 0.0146. The molecule has 1 unspecified atom stereocenters. The largest absolute Gasteiger partial charge is 0.387 e. The van der Waals surface area contributed by atoms with Crippen molar-refractivity contribution in [1.29, 1.82) is 5.41 Å². The number of nitrogens with one attached hydrogen (secondary N) is 4. The highest BCUT2D eigenvalue weighted by atomic mass is 15.2. The fourth-order valence-electron chi connectivity index (χ4n) is 6.32. The van der Waals surface area contributed by atoms with Crippen LogP contribution in [0.25, 0.3) is 10.9 Å². The van der Waals surface area contributed by atoms with Gasteiger partial charge >= 0.3 is 0 Å². The molecule has 4 heterocycles. The van der Waals surface area contributed by atoms with E-state index >= 15 is 0 Å². The topological polar surface area (TPSA) is 92.2 Å². The lowest BCUT2D eigenvalue weighted by atomic mass is 9.61. The average Bonchev–Trinajstić information content (AvgIpc) is 3.38. The van der Waals surface area contributed by atoms with Gasteiger partial charge in [-0.05, 0) is 56.6 Å². The van der Waals surface area contributed by atoms with Crippen LogP contribution in [0.1, 0.15) is 48.5 Å². The molecule has 0 spiro atoms. The molecule has 1 saturated heterocycles. The number of aromatic amines is 1. The van der Waals surface area contributed by atoms with Crippen molar-refractivity contribution in [2.75, 3.05) is 37.3 Å². The van der Waals surface area contributed by atoms with Crippen LogP contribution in [0.4, 0.5) is 17.2 Å². The Morgan fingerprint density at radius 2 is 1.89 bits per heavy atom. The van der Waals surface area contributed by atoms with Gasteiger partial charge in [-0.25, -0.2) is 4.98 Å². The van der Waals surface area contributed by atoms with Gasteiger partial charge in [-0.15, -0.1) is 0 Å². The molecule has 1 atom stereocenters. The van der Waals surface area contributed by atoms with E-state index in [2.05, 4.69) is 44.8 Å². The van der Waals surface area contributed by atoms with Crippen LogP contribution in [-0.4, -0.2) is 53.0 Å². The van der Waals surface area contributed by atoms with Gasteiger partial charge < -0.3 is 20.5 Å². The number of fused-ring (bicyclic) bond motifs is 2. The van der Waals surface area contributed by atoms with Crippen molar-refractivity contribution in [3.8, 4) is 0 Å². The van der Waals surface area contributed by atoms with Crippen molar-refractivity contribution in [3.05, 3.63) is 83.7 Å². The number of aliphatic imine (C=N–C) groups is 1. The smallest absolute Gasteiger partial charge is 0.133 e. The Balaban J connectivity index is 1.30. The third kappa shape index (κ3) is 3.80. The second kappa shape index (κ2) is 9.10. The summed E-state index contributed by atoms with van der Waals surface area (Å²) in [4.78, 5) is 16.4. The van der Waals surface area contributed by atoms with Crippen LogP contribution in [0.5, 0.6) is 0 Å². The minimum absolute atomic E-state index is 0.0496. The Hall–Kier alpha value is -3.97. The van der Waals surface area contributed by atoms with Gasteiger partial charge in [-0.1, -0.05) is 36.8 Å². The van der Waals surface area contributed by atoms with E-state index in [9.17, 15) is 0 Å². The van der Waals surface area contributed by atoms with Gasteiger partial charge in [0.2, 0.25) is 0 Å².